The molecule has 1 aromatic rings. The fraction of sp³-hybridized carbons (Fsp3) is 0.333. The molecule has 1 N–H and O–H groups in total. The van der Waals surface area contributed by atoms with Gasteiger partial charge in [-0.25, -0.2) is 4.98 Å². The third-order valence-electron chi connectivity index (χ3n) is 1.78. The van der Waals surface area contributed by atoms with Crippen LogP contribution < -0.4 is 5.32 Å². The first-order valence-electron chi connectivity index (χ1n) is 3.97. The number of hydrogen-bond donors (Lipinski definition) is 2. The zero-order valence-corrected chi connectivity index (χ0v) is 8.56. The number of nitrogens with zero attached hydrogens (tertiary/aromatic N) is 1. The standard InChI is InChI=1S/C9H12N2OS/c1-6-3-8(10-4-7(6)2)11-9(12)5-13/h3-4,13H,5H2,1-2H3,(H,10,11,12). The monoisotopic (exact) mass is 196 g/mol. The van der Waals surface area contributed by atoms with E-state index in [0.29, 0.717) is 5.82 Å². The van der Waals surface area contributed by atoms with Crippen molar-refractivity contribution in [1.29, 1.82) is 0 Å². The minimum atomic E-state index is -0.140. The van der Waals surface area contributed by atoms with Crippen molar-refractivity contribution in [1.82, 2.24) is 4.98 Å². The van der Waals surface area contributed by atoms with E-state index in [1.165, 1.54) is 0 Å². The number of aromatic nitrogens is 1. The molecule has 0 spiro atoms. The lowest BCUT2D eigenvalue weighted by Gasteiger charge is -2.04. The molecule has 0 aliphatic heterocycles. The van der Waals surface area contributed by atoms with Crippen LogP contribution >= 0.6 is 12.6 Å². The summed E-state index contributed by atoms with van der Waals surface area (Å²) in [6, 6.07) is 1.84. The molecule has 0 bridgehead atoms. The maximum absolute atomic E-state index is 10.9. The first-order valence-corrected chi connectivity index (χ1v) is 4.60. The Labute approximate surface area is 83.0 Å². The molecule has 0 radical (unpaired) electrons. The summed E-state index contributed by atoms with van der Waals surface area (Å²) in [4.78, 5) is 15.0. The van der Waals surface area contributed by atoms with Gasteiger partial charge < -0.3 is 5.32 Å². The lowest BCUT2D eigenvalue weighted by molar-refractivity contribution is -0.113. The molecule has 0 saturated carbocycles. The van der Waals surface area contributed by atoms with Crippen molar-refractivity contribution in [3.05, 3.63) is 23.4 Å². The molecule has 0 atom stereocenters. The van der Waals surface area contributed by atoms with Gasteiger partial charge in [-0.1, -0.05) is 0 Å². The molecule has 13 heavy (non-hydrogen) atoms. The van der Waals surface area contributed by atoms with Crippen LogP contribution in [0.5, 0.6) is 0 Å². The van der Waals surface area contributed by atoms with E-state index >= 15 is 0 Å². The van der Waals surface area contributed by atoms with E-state index in [9.17, 15) is 4.79 Å². The first kappa shape index (κ1) is 10.1. The topological polar surface area (TPSA) is 42.0 Å². The summed E-state index contributed by atoms with van der Waals surface area (Å²) >= 11 is 3.85. The van der Waals surface area contributed by atoms with Gasteiger partial charge in [0.05, 0.1) is 5.75 Å². The van der Waals surface area contributed by atoms with E-state index in [1.54, 1.807) is 6.20 Å². The van der Waals surface area contributed by atoms with Crippen molar-refractivity contribution in [2.75, 3.05) is 11.1 Å². The van der Waals surface area contributed by atoms with Crippen molar-refractivity contribution < 1.29 is 4.79 Å². The van der Waals surface area contributed by atoms with Crippen LogP contribution in [0.25, 0.3) is 0 Å². The predicted molar refractivity (Wildman–Crippen MR) is 56.2 cm³/mol. The van der Waals surface area contributed by atoms with Gasteiger partial charge in [-0.05, 0) is 31.0 Å². The number of amides is 1. The fourth-order valence-corrected chi connectivity index (χ4v) is 0.954. The van der Waals surface area contributed by atoms with Gasteiger partial charge in [0.1, 0.15) is 5.82 Å². The van der Waals surface area contributed by atoms with Crippen LogP contribution in [-0.4, -0.2) is 16.6 Å². The third kappa shape index (κ3) is 2.73. The smallest absolute Gasteiger partial charge is 0.235 e. The number of aryl methyl sites for hydroxylation is 2. The number of rotatable bonds is 2. The maximum Gasteiger partial charge on any atom is 0.235 e. The lowest BCUT2D eigenvalue weighted by atomic mass is 10.2. The van der Waals surface area contributed by atoms with Crippen LogP contribution in [0.3, 0.4) is 0 Å². The molecule has 4 heteroatoms. The summed E-state index contributed by atoms with van der Waals surface area (Å²) in [5.41, 5.74) is 2.23. The van der Waals surface area contributed by atoms with E-state index in [0.717, 1.165) is 11.1 Å². The van der Waals surface area contributed by atoms with E-state index < -0.39 is 0 Å². The van der Waals surface area contributed by atoms with E-state index in [1.807, 2.05) is 19.9 Å². The summed E-state index contributed by atoms with van der Waals surface area (Å²) in [7, 11) is 0. The van der Waals surface area contributed by atoms with Crippen LogP contribution in [0.2, 0.25) is 0 Å². The molecule has 0 fully saturated rings. The second kappa shape index (κ2) is 4.28. The molecule has 70 valence electrons. The van der Waals surface area contributed by atoms with Crippen molar-refractivity contribution in [3.63, 3.8) is 0 Å². The highest BCUT2D eigenvalue weighted by Gasteiger charge is 2.01. The van der Waals surface area contributed by atoms with Gasteiger partial charge >= 0.3 is 0 Å². The van der Waals surface area contributed by atoms with Gasteiger partial charge in [-0.3, -0.25) is 4.79 Å². The number of pyridine rings is 1. The average molecular weight is 196 g/mol. The predicted octanol–water partition coefficient (Wildman–Crippen LogP) is 1.57. The summed E-state index contributed by atoms with van der Waals surface area (Å²) in [6.45, 7) is 3.96. The molecule has 0 aliphatic rings. The Hall–Kier alpha value is -1.03. The SMILES string of the molecule is Cc1cnc(NC(=O)CS)cc1C. The van der Waals surface area contributed by atoms with Crippen molar-refractivity contribution in [2.24, 2.45) is 0 Å². The van der Waals surface area contributed by atoms with Crippen molar-refractivity contribution in [2.45, 2.75) is 13.8 Å². The first-order chi connectivity index (χ1) is 6.13. The molecule has 1 amide bonds. The highest BCUT2D eigenvalue weighted by molar-refractivity contribution is 7.81. The van der Waals surface area contributed by atoms with Gasteiger partial charge in [-0.15, -0.1) is 0 Å². The maximum atomic E-state index is 10.9. The minimum absolute atomic E-state index is 0.140. The minimum Gasteiger partial charge on any atom is -0.310 e. The molecule has 1 heterocycles. The van der Waals surface area contributed by atoms with Crippen molar-refractivity contribution in [3.8, 4) is 0 Å². The zero-order valence-electron chi connectivity index (χ0n) is 7.66. The van der Waals surface area contributed by atoms with Gasteiger partial charge in [0.2, 0.25) is 5.91 Å². The molecule has 3 nitrogen and oxygen atoms in total. The van der Waals surface area contributed by atoms with Gasteiger partial charge in [0.15, 0.2) is 0 Å². The molecule has 1 rings (SSSR count). The fourth-order valence-electron chi connectivity index (χ4n) is 0.875. The van der Waals surface area contributed by atoms with Crippen LogP contribution in [0.1, 0.15) is 11.1 Å². The molecular formula is C9H12N2OS. The number of carbonyl (C=O) groups excluding carboxylic acids is 1. The van der Waals surface area contributed by atoms with E-state index in [2.05, 4.69) is 22.9 Å². The number of anilines is 1. The molecular weight excluding hydrogens is 184 g/mol. The summed E-state index contributed by atoms with van der Waals surface area (Å²) in [5, 5.41) is 2.63. The summed E-state index contributed by atoms with van der Waals surface area (Å²) in [6.07, 6.45) is 1.74. The van der Waals surface area contributed by atoms with Gasteiger partial charge in [0, 0.05) is 6.20 Å². The molecule has 0 saturated heterocycles. The third-order valence-corrected chi connectivity index (χ3v) is 2.07. The second-order valence-electron chi connectivity index (χ2n) is 2.86. The molecule has 1 aromatic heterocycles. The average Bonchev–Trinajstić information content (AvgIpc) is 2.11. The Bertz CT molecular complexity index is 325. The normalized spacial score (nSPS) is 9.77. The van der Waals surface area contributed by atoms with Gasteiger partial charge in [-0.2, -0.15) is 12.6 Å². The molecule has 0 aromatic carbocycles. The Kier molecular flexibility index (Phi) is 3.31. The zero-order chi connectivity index (χ0) is 9.84. The lowest BCUT2D eigenvalue weighted by Crippen LogP contribution is -2.13. The molecule has 0 unspecified atom stereocenters. The quantitative estimate of drug-likeness (QED) is 0.705. The van der Waals surface area contributed by atoms with Crippen LogP contribution in [0.15, 0.2) is 12.3 Å². The van der Waals surface area contributed by atoms with Gasteiger partial charge in [0.25, 0.3) is 0 Å². The number of nitrogens with one attached hydrogen (secondary N) is 1. The Morgan fingerprint density at radius 2 is 2.23 bits per heavy atom. The van der Waals surface area contributed by atoms with E-state index in [4.69, 9.17) is 0 Å². The Morgan fingerprint density at radius 3 is 2.77 bits per heavy atom. The highest BCUT2D eigenvalue weighted by Crippen LogP contribution is 2.10. The highest BCUT2D eigenvalue weighted by atomic mass is 32.1. The summed E-state index contributed by atoms with van der Waals surface area (Å²) < 4.78 is 0. The van der Waals surface area contributed by atoms with Crippen LogP contribution in [0, 0.1) is 13.8 Å². The Balaban J connectivity index is 2.79. The van der Waals surface area contributed by atoms with Crippen molar-refractivity contribution >= 4 is 24.4 Å². The molecule has 0 aliphatic carbocycles. The van der Waals surface area contributed by atoms with Crippen LogP contribution in [0.4, 0.5) is 5.82 Å². The largest absolute Gasteiger partial charge is 0.310 e. The second-order valence-corrected chi connectivity index (χ2v) is 3.18. The summed E-state index contributed by atoms with van der Waals surface area (Å²) in [5.74, 6) is 0.621. The van der Waals surface area contributed by atoms with E-state index in [-0.39, 0.29) is 11.7 Å². The van der Waals surface area contributed by atoms with Crippen LogP contribution in [-0.2, 0) is 4.79 Å². The number of thiol groups is 1. The number of carbonyl (C=O) groups is 1. The number of hydrogen-bond acceptors (Lipinski definition) is 3. The Morgan fingerprint density at radius 1 is 1.54 bits per heavy atom.